The van der Waals surface area contributed by atoms with Crippen molar-refractivity contribution in [3.8, 4) is 0 Å². The largest absolute Gasteiger partial charge is 0.311 e. The number of benzene rings is 3. The Hall–Kier alpha value is -3.51. The number of carbonyl (C=O) groups is 1. The molecule has 0 bridgehead atoms. The first-order valence-corrected chi connectivity index (χ1v) is 10.9. The number of para-hydroxylation sites is 1. The molecule has 0 N–H and O–H groups in total. The summed E-state index contributed by atoms with van der Waals surface area (Å²) < 4.78 is 30.1. The van der Waals surface area contributed by atoms with Gasteiger partial charge in [0, 0.05) is 18.2 Å². The molecule has 0 unspecified atom stereocenters. The van der Waals surface area contributed by atoms with Crippen molar-refractivity contribution in [2.45, 2.75) is 11.8 Å². The van der Waals surface area contributed by atoms with Crippen LogP contribution in [0.1, 0.15) is 16.7 Å². The molecule has 1 amide bonds. The van der Waals surface area contributed by atoms with Crippen LogP contribution in [0.25, 0.3) is 5.57 Å². The summed E-state index contributed by atoms with van der Waals surface area (Å²) in [4.78, 5) is 14.5. The van der Waals surface area contributed by atoms with Gasteiger partial charge in [0.15, 0.2) is 0 Å². The van der Waals surface area contributed by atoms with Crippen LogP contribution in [0, 0.1) is 6.92 Å². The maximum absolute atomic E-state index is 13.0. The minimum atomic E-state index is -3.96. The van der Waals surface area contributed by atoms with Crippen LogP contribution in [0.5, 0.6) is 0 Å². The van der Waals surface area contributed by atoms with Crippen molar-refractivity contribution in [3.05, 3.63) is 102 Å². The van der Waals surface area contributed by atoms with E-state index in [1.54, 1.807) is 54.4 Å². The average Bonchev–Trinajstić information content (AvgIpc) is 2.99. The first-order valence-electron chi connectivity index (χ1n) is 9.43. The molecule has 0 aromatic heterocycles. The highest BCUT2D eigenvalue weighted by Crippen LogP contribution is 2.35. The number of hydrogen-bond acceptors (Lipinski definition) is 3. The maximum Gasteiger partial charge on any atom is 0.282 e. The van der Waals surface area contributed by atoms with E-state index in [1.165, 1.54) is 12.1 Å². The Morgan fingerprint density at radius 1 is 0.900 bits per heavy atom. The number of anilines is 1. The zero-order chi connectivity index (χ0) is 21.3. The van der Waals surface area contributed by atoms with E-state index in [-0.39, 0.29) is 16.5 Å². The summed E-state index contributed by atoms with van der Waals surface area (Å²) in [6.45, 7) is 1.89. The fraction of sp³-hybridized carbons (Fsp3) is 0.0833. The molecule has 0 saturated heterocycles. The van der Waals surface area contributed by atoms with E-state index in [2.05, 4.69) is 4.40 Å². The van der Waals surface area contributed by atoms with Gasteiger partial charge in [0.25, 0.3) is 15.9 Å². The van der Waals surface area contributed by atoms with E-state index in [1.807, 2.05) is 37.3 Å². The molecule has 1 aliphatic rings. The van der Waals surface area contributed by atoms with Crippen molar-refractivity contribution in [2.75, 3.05) is 11.9 Å². The van der Waals surface area contributed by atoms with E-state index in [0.717, 1.165) is 16.8 Å². The number of allylic oxidation sites excluding steroid dienone is 1. The topological polar surface area (TPSA) is 66.8 Å². The summed E-state index contributed by atoms with van der Waals surface area (Å²) in [7, 11) is -2.26. The van der Waals surface area contributed by atoms with Crippen molar-refractivity contribution >= 4 is 32.9 Å². The Balaban J connectivity index is 1.89. The lowest BCUT2D eigenvalue weighted by Crippen LogP contribution is -2.20. The van der Waals surface area contributed by atoms with Gasteiger partial charge in [0.2, 0.25) is 0 Å². The molecule has 0 spiro atoms. The third-order valence-corrected chi connectivity index (χ3v) is 6.28. The number of hydrogen-bond donors (Lipinski definition) is 0. The van der Waals surface area contributed by atoms with Crippen molar-refractivity contribution in [1.29, 1.82) is 0 Å². The van der Waals surface area contributed by atoms with Crippen LogP contribution in [-0.4, -0.2) is 27.1 Å². The molecule has 3 aromatic rings. The third-order valence-electron chi connectivity index (χ3n) is 4.98. The van der Waals surface area contributed by atoms with E-state index in [9.17, 15) is 13.2 Å². The van der Waals surface area contributed by atoms with Gasteiger partial charge >= 0.3 is 0 Å². The van der Waals surface area contributed by atoms with Gasteiger partial charge in [0.1, 0.15) is 0 Å². The average molecular weight is 417 g/mol. The lowest BCUT2D eigenvalue weighted by atomic mass is 10.0. The zero-order valence-corrected chi connectivity index (χ0v) is 17.4. The standard InChI is InChI=1S/C24H20N2O3S/c1-17-12-14-19(15-13-17)30(28,29)25-22(18-8-4-3-5-9-18)16-21-20-10-6-7-11-23(20)26(2)24(21)27/h3-16H,1-2H3/b21-16-,25-22+. The van der Waals surface area contributed by atoms with Crippen molar-refractivity contribution in [1.82, 2.24) is 0 Å². The molecular formula is C24H20N2O3S. The maximum atomic E-state index is 13.0. The predicted octanol–water partition coefficient (Wildman–Crippen LogP) is 4.23. The molecule has 0 saturated carbocycles. The molecule has 0 fully saturated rings. The summed E-state index contributed by atoms with van der Waals surface area (Å²) in [6.07, 6.45) is 1.56. The first-order chi connectivity index (χ1) is 14.4. The smallest absolute Gasteiger partial charge is 0.282 e. The molecule has 1 heterocycles. The Bertz CT molecular complexity index is 1280. The van der Waals surface area contributed by atoms with Gasteiger partial charge < -0.3 is 4.90 Å². The number of aryl methyl sites for hydroxylation is 1. The van der Waals surface area contributed by atoms with Gasteiger partial charge in [-0.15, -0.1) is 0 Å². The highest BCUT2D eigenvalue weighted by atomic mass is 32.2. The van der Waals surface area contributed by atoms with Crippen LogP contribution in [0.15, 0.2) is 94.2 Å². The number of sulfonamides is 1. The minimum absolute atomic E-state index is 0.107. The third kappa shape index (κ3) is 3.69. The van der Waals surface area contributed by atoms with Gasteiger partial charge in [-0.3, -0.25) is 4.79 Å². The number of amides is 1. The molecule has 5 nitrogen and oxygen atoms in total. The summed E-state index contributed by atoms with van der Waals surface area (Å²) in [5.74, 6) is -0.201. The van der Waals surface area contributed by atoms with Gasteiger partial charge in [-0.1, -0.05) is 66.2 Å². The Labute approximate surface area is 176 Å². The Morgan fingerprint density at radius 3 is 2.23 bits per heavy atom. The Morgan fingerprint density at radius 2 is 1.53 bits per heavy atom. The van der Waals surface area contributed by atoms with Gasteiger partial charge in [-0.25, -0.2) is 0 Å². The molecule has 0 aliphatic carbocycles. The highest BCUT2D eigenvalue weighted by molar-refractivity contribution is 7.90. The molecule has 0 atom stereocenters. The second-order valence-corrected chi connectivity index (χ2v) is 8.67. The van der Waals surface area contributed by atoms with Gasteiger partial charge in [-0.05, 0) is 31.2 Å². The van der Waals surface area contributed by atoms with Crippen LogP contribution in [0.3, 0.4) is 0 Å². The summed E-state index contributed by atoms with van der Waals surface area (Å²) in [5, 5.41) is 0. The second kappa shape index (κ2) is 7.72. The predicted molar refractivity (Wildman–Crippen MR) is 119 cm³/mol. The van der Waals surface area contributed by atoms with Crippen LogP contribution in [0.2, 0.25) is 0 Å². The molecule has 3 aromatic carbocycles. The number of likely N-dealkylation sites (N-methyl/N-ethyl adjacent to an activating group) is 1. The number of nitrogens with zero attached hydrogens (tertiary/aromatic N) is 2. The number of fused-ring (bicyclic) bond motifs is 1. The highest BCUT2D eigenvalue weighted by Gasteiger charge is 2.30. The minimum Gasteiger partial charge on any atom is -0.311 e. The quantitative estimate of drug-likeness (QED) is 0.472. The summed E-state index contributed by atoms with van der Waals surface area (Å²) in [5.41, 5.74) is 3.73. The summed E-state index contributed by atoms with van der Waals surface area (Å²) >= 11 is 0. The van der Waals surface area contributed by atoms with E-state index in [4.69, 9.17) is 0 Å². The van der Waals surface area contributed by atoms with Crippen LogP contribution >= 0.6 is 0 Å². The number of rotatable bonds is 4. The molecule has 0 radical (unpaired) electrons. The van der Waals surface area contributed by atoms with Crippen molar-refractivity contribution in [3.63, 3.8) is 0 Å². The Kier molecular flexibility index (Phi) is 5.10. The van der Waals surface area contributed by atoms with E-state index >= 15 is 0 Å². The molecule has 1 aliphatic heterocycles. The lowest BCUT2D eigenvalue weighted by Gasteiger charge is -2.08. The fourth-order valence-corrected chi connectivity index (χ4v) is 4.34. The van der Waals surface area contributed by atoms with Gasteiger partial charge in [-0.2, -0.15) is 12.8 Å². The van der Waals surface area contributed by atoms with E-state index < -0.39 is 10.0 Å². The van der Waals surface area contributed by atoms with Crippen LogP contribution in [-0.2, 0) is 14.8 Å². The summed E-state index contributed by atoms with van der Waals surface area (Å²) in [6, 6.07) is 22.9. The van der Waals surface area contributed by atoms with Gasteiger partial charge in [0.05, 0.1) is 21.9 Å². The number of carbonyl (C=O) groups excluding carboxylic acids is 1. The molecule has 150 valence electrons. The second-order valence-electron chi connectivity index (χ2n) is 7.07. The lowest BCUT2D eigenvalue weighted by molar-refractivity contribution is -0.112. The van der Waals surface area contributed by atoms with Crippen LogP contribution < -0.4 is 4.90 Å². The van der Waals surface area contributed by atoms with E-state index in [0.29, 0.717) is 11.1 Å². The fourth-order valence-electron chi connectivity index (χ4n) is 3.34. The van der Waals surface area contributed by atoms with Crippen molar-refractivity contribution in [2.24, 2.45) is 4.40 Å². The molecule has 4 rings (SSSR count). The van der Waals surface area contributed by atoms with Crippen LogP contribution in [0.4, 0.5) is 5.69 Å². The molecule has 30 heavy (non-hydrogen) atoms. The molecular weight excluding hydrogens is 396 g/mol. The zero-order valence-electron chi connectivity index (χ0n) is 16.6. The molecule has 6 heteroatoms. The monoisotopic (exact) mass is 416 g/mol. The first kappa shape index (κ1) is 19.8. The van der Waals surface area contributed by atoms with Crippen molar-refractivity contribution < 1.29 is 13.2 Å². The SMILES string of the molecule is Cc1ccc(S(=O)(=O)/N=C(\C=C2/C(=O)N(C)c3ccccc32)c2ccccc2)cc1. The normalized spacial score (nSPS) is 15.5.